The lowest BCUT2D eigenvalue weighted by Crippen LogP contribution is -2.38. The summed E-state index contributed by atoms with van der Waals surface area (Å²) >= 11 is 3.41. The van der Waals surface area contributed by atoms with Crippen molar-refractivity contribution in [2.24, 2.45) is 0 Å². The van der Waals surface area contributed by atoms with Gasteiger partial charge >= 0.3 is 5.97 Å². The zero-order valence-corrected chi connectivity index (χ0v) is 15.7. The van der Waals surface area contributed by atoms with Crippen molar-refractivity contribution in [1.82, 2.24) is 4.90 Å². The van der Waals surface area contributed by atoms with Crippen LogP contribution in [0.25, 0.3) is 0 Å². The van der Waals surface area contributed by atoms with Crippen molar-refractivity contribution in [3.63, 3.8) is 0 Å². The molecule has 132 valence electrons. The molecule has 1 amide bonds. The summed E-state index contributed by atoms with van der Waals surface area (Å²) in [4.78, 5) is 26.1. The topological polar surface area (TPSA) is 65.1 Å². The number of ether oxygens (including phenoxy) is 3. The largest absolute Gasteiger partial charge is 0.493 e. The lowest BCUT2D eigenvalue weighted by molar-refractivity contribution is -0.158. The summed E-state index contributed by atoms with van der Waals surface area (Å²) in [5.74, 6) is 0.513. The van der Waals surface area contributed by atoms with Gasteiger partial charge in [-0.05, 0) is 37.5 Å². The minimum absolute atomic E-state index is 0.0402. The van der Waals surface area contributed by atoms with E-state index in [4.69, 9.17) is 14.2 Å². The Labute approximate surface area is 150 Å². The van der Waals surface area contributed by atoms with Crippen molar-refractivity contribution in [2.75, 3.05) is 27.3 Å². The number of halogens is 1. The third kappa shape index (κ3) is 4.41. The lowest BCUT2D eigenvalue weighted by atomic mass is 10.1. The van der Waals surface area contributed by atoms with Crippen LogP contribution in [0.1, 0.15) is 25.3 Å². The van der Waals surface area contributed by atoms with Crippen LogP contribution in [-0.4, -0.2) is 50.2 Å². The highest BCUT2D eigenvalue weighted by molar-refractivity contribution is 9.10. The van der Waals surface area contributed by atoms with E-state index in [1.807, 2.05) is 0 Å². The summed E-state index contributed by atoms with van der Waals surface area (Å²) in [6.45, 7) is 3.09. The zero-order valence-electron chi connectivity index (χ0n) is 14.1. The predicted octanol–water partition coefficient (Wildman–Crippen LogP) is 2.56. The van der Waals surface area contributed by atoms with Gasteiger partial charge in [0.05, 0.1) is 20.6 Å². The van der Waals surface area contributed by atoms with Crippen LogP contribution in [0, 0.1) is 0 Å². The van der Waals surface area contributed by atoms with Crippen molar-refractivity contribution in [1.29, 1.82) is 0 Å². The van der Waals surface area contributed by atoms with E-state index in [1.165, 1.54) is 7.11 Å². The number of hydrogen-bond acceptors (Lipinski definition) is 5. The third-order valence-electron chi connectivity index (χ3n) is 3.96. The highest BCUT2D eigenvalue weighted by Gasteiger charge is 2.26. The van der Waals surface area contributed by atoms with Crippen LogP contribution >= 0.6 is 15.9 Å². The Bertz CT molecular complexity index is 613. The lowest BCUT2D eigenvalue weighted by Gasteiger charge is -2.20. The fourth-order valence-electron chi connectivity index (χ4n) is 2.67. The number of rotatable bonds is 6. The first-order valence-electron chi connectivity index (χ1n) is 7.85. The minimum Gasteiger partial charge on any atom is -0.493 e. The molecule has 1 saturated heterocycles. The molecule has 0 radical (unpaired) electrons. The number of carbonyl (C=O) groups excluding carboxylic acids is 2. The zero-order chi connectivity index (χ0) is 17.7. The molecular weight excluding hydrogens is 378 g/mol. The summed E-state index contributed by atoms with van der Waals surface area (Å²) in [7, 11) is 3.08. The molecule has 6 nitrogen and oxygen atoms in total. The van der Waals surface area contributed by atoms with Gasteiger partial charge < -0.3 is 19.1 Å². The van der Waals surface area contributed by atoms with Crippen molar-refractivity contribution in [2.45, 2.75) is 32.3 Å². The number of esters is 1. The van der Waals surface area contributed by atoms with Crippen LogP contribution in [0.2, 0.25) is 0 Å². The van der Waals surface area contributed by atoms with Gasteiger partial charge in [0, 0.05) is 17.6 Å². The summed E-state index contributed by atoms with van der Waals surface area (Å²) in [6, 6.07) is 3.46. The van der Waals surface area contributed by atoms with E-state index < -0.39 is 12.1 Å². The molecule has 0 aromatic heterocycles. The first-order valence-corrected chi connectivity index (χ1v) is 8.64. The van der Waals surface area contributed by atoms with Crippen LogP contribution in [-0.2, 0) is 20.7 Å². The van der Waals surface area contributed by atoms with Gasteiger partial charge in [0.1, 0.15) is 0 Å². The van der Waals surface area contributed by atoms with Gasteiger partial charge in [0.2, 0.25) is 0 Å². The molecule has 1 aromatic rings. The smallest absolute Gasteiger partial charge is 0.311 e. The van der Waals surface area contributed by atoms with E-state index in [2.05, 4.69) is 15.9 Å². The summed E-state index contributed by atoms with van der Waals surface area (Å²) in [5.41, 5.74) is 0.707. The standard InChI is InChI=1S/C17H22BrNO5/c1-11(17(21)19-6-4-5-7-19)24-16(20)9-12-8-14(22-2)15(23-3)10-13(12)18/h8,10-11H,4-7,9H2,1-3H3. The highest BCUT2D eigenvalue weighted by atomic mass is 79.9. The molecule has 1 unspecified atom stereocenters. The Kier molecular flexibility index (Phi) is 6.48. The number of likely N-dealkylation sites (tertiary alicyclic amines) is 1. The first-order chi connectivity index (χ1) is 11.5. The maximum atomic E-state index is 12.2. The predicted molar refractivity (Wildman–Crippen MR) is 92.3 cm³/mol. The number of carbonyl (C=O) groups is 2. The maximum absolute atomic E-state index is 12.2. The van der Waals surface area contributed by atoms with Crippen molar-refractivity contribution in [3.8, 4) is 11.5 Å². The van der Waals surface area contributed by atoms with Gasteiger partial charge in [-0.2, -0.15) is 0 Å². The molecule has 1 aliphatic rings. The van der Waals surface area contributed by atoms with Crippen molar-refractivity contribution < 1.29 is 23.8 Å². The van der Waals surface area contributed by atoms with Gasteiger partial charge in [-0.1, -0.05) is 15.9 Å². The Morgan fingerprint density at radius 2 is 1.75 bits per heavy atom. The molecule has 1 aliphatic heterocycles. The average molecular weight is 400 g/mol. The van der Waals surface area contributed by atoms with Crippen molar-refractivity contribution in [3.05, 3.63) is 22.2 Å². The highest BCUT2D eigenvalue weighted by Crippen LogP contribution is 2.33. The van der Waals surface area contributed by atoms with Crippen LogP contribution in [0.15, 0.2) is 16.6 Å². The second-order valence-corrected chi connectivity index (χ2v) is 6.49. The summed E-state index contributed by atoms with van der Waals surface area (Å²) in [5, 5.41) is 0. The van der Waals surface area contributed by atoms with Crippen LogP contribution in [0.4, 0.5) is 0 Å². The fourth-order valence-corrected chi connectivity index (χ4v) is 3.13. The molecule has 1 atom stereocenters. The monoisotopic (exact) mass is 399 g/mol. The first kappa shape index (κ1) is 18.6. The number of amides is 1. The maximum Gasteiger partial charge on any atom is 0.311 e. The molecule has 0 aliphatic carbocycles. The average Bonchev–Trinajstić information content (AvgIpc) is 3.09. The second kappa shape index (κ2) is 8.37. The molecule has 7 heteroatoms. The number of hydrogen-bond donors (Lipinski definition) is 0. The number of nitrogens with zero attached hydrogens (tertiary/aromatic N) is 1. The van der Waals surface area contributed by atoms with Gasteiger partial charge in [-0.3, -0.25) is 9.59 Å². The van der Waals surface area contributed by atoms with E-state index in [-0.39, 0.29) is 12.3 Å². The SMILES string of the molecule is COc1cc(Br)c(CC(=O)OC(C)C(=O)N2CCCC2)cc1OC. The molecule has 0 bridgehead atoms. The van der Waals surface area contributed by atoms with E-state index in [9.17, 15) is 9.59 Å². The van der Waals surface area contributed by atoms with E-state index in [1.54, 1.807) is 31.1 Å². The van der Waals surface area contributed by atoms with Crippen LogP contribution < -0.4 is 9.47 Å². The molecule has 0 saturated carbocycles. The summed E-state index contributed by atoms with van der Waals surface area (Å²) < 4.78 is 16.5. The van der Waals surface area contributed by atoms with Gasteiger partial charge in [-0.15, -0.1) is 0 Å². The van der Waals surface area contributed by atoms with Crippen molar-refractivity contribution >= 4 is 27.8 Å². The molecule has 0 spiro atoms. The Balaban J connectivity index is 2.00. The third-order valence-corrected chi connectivity index (χ3v) is 4.70. The van der Waals surface area contributed by atoms with Gasteiger partial charge in [0.25, 0.3) is 5.91 Å². The molecular formula is C17H22BrNO5. The van der Waals surface area contributed by atoms with Crippen LogP contribution in [0.5, 0.6) is 11.5 Å². The molecule has 1 fully saturated rings. The molecule has 0 N–H and O–H groups in total. The molecule has 1 aromatic carbocycles. The Morgan fingerprint density at radius 3 is 2.33 bits per heavy atom. The molecule has 1 heterocycles. The van der Waals surface area contributed by atoms with Gasteiger partial charge in [0.15, 0.2) is 17.6 Å². The van der Waals surface area contributed by atoms with E-state index in [0.717, 1.165) is 30.4 Å². The number of benzene rings is 1. The molecule has 24 heavy (non-hydrogen) atoms. The van der Waals surface area contributed by atoms with E-state index in [0.29, 0.717) is 17.1 Å². The van der Waals surface area contributed by atoms with Crippen LogP contribution in [0.3, 0.4) is 0 Å². The fraction of sp³-hybridized carbons (Fsp3) is 0.529. The Morgan fingerprint density at radius 1 is 1.17 bits per heavy atom. The quantitative estimate of drug-likeness (QED) is 0.687. The Hall–Kier alpha value is -1.76. The molecule has 2 rings (SSSR count). The second-order valence-electron chi connectivity index (χ2n) is 5.64. The summed E-state index contributed by atoms with van der Waals surface area (Å²) in [6.07, 6.45) is 1.28. The van der Waals surface area contributed by atoms with E-state index >= 15 is 0 Å². The number of methoxy groups -OCH3 is 2. The van der Waals surface area contributed by atoms with Gasteiger partial charge in [-0.25, -0.2) is 0 Å². The minimum atomic E-state index is -0.769. The normalized spacial score (nSPS) is 15.1.